The molecule has 0 heterocycles. The van der Waals surface area contributed by atoms with Crippen molar-refractivity contribution in [3.05, 3.63) is 35.4 Å². The van der Waals surface area contributed by atoms with E-state index in [4.69, 9.17) is 10.8 Å². The molecule has 0 saturated heterocycles. The summed E-state index contributed by atoms with van der Waals surface area (Å²) in [7, 11) is 0. The number of nitrogens with two attached hydrogens (primary N) is 1. The Kier molecular flexibility index (Phi) is 2.63. The summed E-state index contributed by atoms with van der Waals surface area (Å²) in [5, 5.41) is 8.86. The predicted octanol–water partition coefficient (Wildman–Crippen LogP) is 1.13. The Morgan fingerprint density at radius 3 is 2.15 bits per heavy atom. The van der Waals surface area contributed by atoms with Crippen molar-refractivity contribution in [3.8, 4) is 0 Å². The third kappa shape index (κ3) is 2.23. The van der Waals surface area contributed by atoms with Gasteiger partial charge in [0.15, 0.2) is 0 Å². The first kappa shape index (κ1) is 10.1. The van der Waals surface area contributed by atoms with Gasteiger partial charge in [0, 0.05) is 6.07 Å². The van der Waals surface area contributed by atoms with Gasteiger partial charge >= 0.3 is 0 Å². The Balaban J connectivity index is 3.15. The molecule has 1 atom stereocenters. The molecule has 0 amide bonds. The molecule has 1 aromatic rings. The molecule has 4 heteroatoms. The Morgan fingerprint density at radius 2 is 1.77 bits per heavy atom. The van der Waals surface area contributed by atoms with Gasteiger partial charge in [0.05, 0.1) is 12.1 Å². The van der Waals surface area contributed by atoms with Gasteiger partial charge in [0.1, 0.15) is 11.6 Å². The maximum absolute atomic E-state index is 12.7. The lowest BCUT2D eigenvalue weighted by Crippen LogP contribution is -2.37. The van der Waals surface area contributed by atoms with Crippen LogP contribution in [0.25, 0.3) is 0 Å². The maximum Gasteiger partial charge on any atom is 0.126 e. The Labute approximate surface area is 75.0 Å². The van der Waals surface area contributed by atoms with Crippen molar-refractivity contribution in [1.29, 1.82) is 0 Å². The van der Waals surface area contributed by atoms with Gasteiger partial charge in [-0.15, -0.1) is 0 Å². The molecule has 13 heavy (non-hydrogen) atoms. The molecule has 0 bridgehead atoms. The molecule has 72 valence electrons. The number of rotatable bonds is 2. The largest absolute Gasteiger partial charge is 0.394 e. The minimum atomic E-state index is -1.11. The van der Waals surface area contributed by atoms with Crippen LogP contribution >= 0.6 is 0 Å². The fourth-order valence-corrected chi connectivity index (χ4v) is 0.975. The molecule has 1 aromatic carbocycles. The van der Waals surface area contributed by atoms with Crippen molar-refractivity contribution >= 4 is 0 Å². The molecule has 1 rings (SSSR count). The van der Waals surface area contributed by atoms with Crippen LogP contribution in [0.2, 0.25) is 0 Å². The number of aliphatic hydroxyl groups is 1. The minimum absolute atomic E-state index is 0.243. The molecule has 3 N–H and O–H groups in total. The van der Waals surface area contributed by atoms with Crippen LogP contribution in [0.4, 0.5) is 8.78 Å². The number of hydrogen-bond acceptors (Lipinski definition) is 2. The number of hydrogen-bond donors (Lipinski definition) is 2. The van der Waals surface area contributed by atoms with Crippen LogP contribution in [-0.2, 0) is 5.54 Å². The van der Waals surface area contributed by atoms with Gasteiger partial charge in [-0.2, -0.15) is 0 Å². The van der Waals surface area contributed by atoms with Crippen molar-refractivity contribution in [1.82, 2.24) is 0 Å². The highest BCUT2D eigenvalue weighted by molar-refractivity contribution is 5.25. The Bertz CT molecular complexity index is 292. The summed E-state index contributed by atoms with van der Waals surface area (Å²) in [6.45, 7) is 1.14. The molecule has 0 aliphatic rings. The standard InChI is InChI=1S/C9H11F2NO/c1-9(12,5-13)6-2-7(10)4-8(11)3-6/h2-4,13H,5,12H2,1H3/t9-/m1/s1. The summed E-state index contributed by atoms with van der Waals surface area (Å²) in [4.78, 5) is 0. The van der Waals surface area contributed by atoms with Gasteiger partial charge < -0.3 is 10.8 Å². The molecule has 0 spiro atoms. The van der Waals surface area contributed by atoms with E-state index in [9.17, 15) is 8.78 Å². The van der Waals surface area contributed by atoms with Gasteiger partial charge in [0.25, 0.3) is 0 Å². The lowest BCUT2D eigenvalue weighted by Gasteiger charge is -2.22. The normalized spacial score (nSPS) is 15.5. The van der Waals surface area contributed by atoms with E-state index >= 15 is 0 Å². The van der Waals surface area contributed by atoms with Gasteiger partial charge in [0.2, 0.25) is 0 Å². The lowest BCUT2D eigenvalue weighted by atomic mass is 9.94. The molecule has 0 aliphatic heterocycles. The van der Waals surface area contributed by atoms with Crippen LogP contribution in [0.5, 0.6) is 0 Å². The van der Waals surface area contributed by atoms with Crippen LogP contribution in [0.3, 0.4) is 0 Å². The molecule has 0 aromatic heterocycles. The second-order valence-electron chi connectivity index (χ2n) is 3.23. The van der Waals surface area contributed by atoms with Crippen LogP contribution in [-0.4, -0.2) is 11.7 Å². The average molecular weight is 187 g/mol. The van der Waals surface area contributed by atoms with E-state index in [1.54, 1.807) is 0 Å². The van der Waals surface area contributed by atoms with E-state index in [2.05, 4.69) is 0 Å². The van der Waals surface area contributed by atoms with Crippen LogP contribution in [0.15, 0.2) is 18.2 Å². The summed E-state index contributed by atoms with van der Waals surface area (Å²) in [5.41, 5.74) is 4.73. The van der Waals surface area contributed by atoms with Crippen molar-refractivity contribution in [3.63, 3.8) is 0 Å². The Hall–Kier alpha value is -1.00. The quantitative estimate of drug-likeness (QED) is 0.729. The third-order valence-corrected chi connectivity index (χ3v) is 1.85. The molecular formula is C9H11F2NO. The van der Waals surface area contributed by atoms with E-state index < -0.39 is 17.2 Å². The second-order valence-corrected chi connectivity index (χ2v) is 3.23. The zero-order valence-corrected chi connectivity index (χ0v) is 7.22. The van der Waals surface area contributed by atoms with Crippen LogP contribution < -0.4 is 5.73 Å². The van der Waals surface area contributed by atoms with E-state index in [1.807, 2.05) is 0 Å². The fraction of sp³-hybridized carbons (Fsp3) is 0.333. The van der Waals surface area contributed by atoms with Crippen molar-refractivity contribution < 1.29 is 13.9 Å². The zero-order valence-electron chi connectivity index (χ0n) is 7.22. The van der Waals surface area contributed by atoms with Crippen molar-refractivity contribution in [2.75, 3.05) is 6.61 Å². The highest BCUT2D eigenvalue weighted by Crippen LogP contribution is 2.19. The van der Waals surface area contributed by atoms with Crippen LogP contribution in [0.1, 0.15) is 12.5 Å². The van der Waals surface area contributed by atoms with Gasteiger partial charge in [-0.1, -0.05) is 0 Å². The van der Waals surface area contributed by atoms with Crippen molar-refractivity contribution in [2.45, 2.75) is 12.5 Å². The monoisotopic (exact) mass is 187 g/mol. The summed E-state index contributed by atoms with van der Waals surface area (Å²) in [6.07, 6.45) is 0. The molecule has 0 fully saturated rings. The maximum atomic E-state index is 12.7. The van der Waals surface area contributed by atoms with Crippen molar-refractivity contribution in [2.24, 2.45) is 5.73 Å². The molecule has 0 unspecified atom stereocenters. The second kappa shape index (κ2) is 3.40. The van der Waals surface area contributed by atoms with E-state index in [-0.39, 0.29) is 12.2 Å². The summed E-state index contributed by atoms with van der Waals surface area (Å²) in [6, 6.07) is 2.98. The SMILES string of the molecule is C[C@@](N)(CO)c1cc(F)cc(F)c1. The first-order valence-corrected chi connectivity index (χ1v) is 3.82. The third-order valence-electron chi connectivity index (χ3n) is 1.85. The summed E-state index contributed by atoms with van der Waals surface area (Å²) >= 11 is 0. The first-order chi connectivity index (χ1) is 5.95. The van der Waals surface area contributed by atoms with E-state index in [0.717, 1.165) is 18.2 Å². The molecule has 0 aliphatic carbocycles. The zero-order chi connectivity index (χ0) is 10.1. The molecule has 2 nitrogen and oxygen atoms in total. The van der Waals surface area contributed by atoms with Gasteiger partial charge in [-0.3, -0.25) is 0 Å². The van der Waals surface area contributed by atoms with E-state index in [1.165, 1.54) is 6.92 Å². The smallest absolute Gasteiger partial charge is 0.126 e. The highest BCUT2D eigenvalue weighted by atomic mass is 19.1. The lowest BCUT2D eigenvalue weighted by molar-refractivity contribution is 0.209. The van der Waals surface area contributed by atoms with E-state index in [0.29, 0.717) is 0 Å². The predicted molar refractivity (Wildman–Crippen MR) is 45.0 cm³/mol. The van der Waals surface area contributed by atoms with Gasteiger partial charge in [-0.05, 0) is 24.6 Å². The highest BCUT2D eigenvalue weighted by Gasteiger charge is 2.21. The topological polar surface area (TPSA) is 46.2 Å². The minimum Gasteiger partial charge on any atom is -0.394 e. The fourth-order valence-electron chi connectivity index (χ4n) is 0.975. The average Bonchev–Trinajstić information content (AvgIpc) is 2.02. The number of halogens is 2. The van der Waals surface area contributed by atoms with Crippen LogP contribution in [0, 0.1) is 11.6 Å². The van der Waals surface area contributed by atoms with Gasteiger partial charge in [-0.25, -0.2) is 8.78 Å². The Morgan fingerprint density at radius 1 is 1.31 bits per heavy atom. The number of aliphatic hydroxyl groups excluding tert-OH is 1. The molecule has 0 saturated carbocycles. The summed E-state index contributed by atoms with van der Waals surface area (Å²) < 4.78 is 25.4. The number of benzene rings is 1. The first-order valence-electron chi connectivity index (χ1n) is 3.82. The molecule has 0 radical (unpaired) electrons. The summed E-state index contributed by atoms with van der Waals surface area (Å²) in [5.74, 6) is -1.39. The molecular weight excluding hydrogens is 176 g/mol.